The smallest absolute Gasteiger partial charge is 0.181 e. The number of hydrogen-bond donors (Lipinski definition) is 1. The summed E-state index contributed by atoms with van der Waals surface area (Å²) < 4.78 is 23.4. The molecule has 0 atom stereocenters. The second-order valence-electron chi connectivity index (χ2n) is 3.18. The average Bonchev–Trinajstić information content (AvgIpc) is 2.77. The topological polar surface area (TPSA) is 61.3 Å². The van der Waals surface area contributed by atoms with Crippen LogP contribution in [0.1, 0.15) is 5.76 Å². The van der Waals surface area contributed by atoms with Gasteiger partial charge in [-0.1, -0.05) is 0 Å². The Morgan fingerprint density at radius 3 is 2.94 bits per heavy atom. The predicted molar refractivity (Wildman–Crippen MR) is 56.3 cm³/mol. The minimum atomic E-state index is -0.439. The Morgan fingerprint density at radius 1 is 1.50 bits per heavy atom. The van der Waals surface area contributed by atoms with Gasteiger partial charge in [0.1, 0.15) is 11.5 Å². The number of halogens is 1. The van der Waals surface area contributed by atoms with Crippen LogP contribution in [0.5, 0.6) is 5.75 Å². The average molecular weight is 222 g/mol. The largest absolute Gasteiger partial charge is 0.494 e. The van der Waals surface area contributed by atoms with Crippen LogP contribution in [0, 0.1) is 5.82 Å². The maximum absolute atomic E-state index is 13.5. The zero-order chi connectivity index (χ0) is 11.5. The molecule has 1 aromatic carbocycles. The van der Waals surface area contributed by atoms with Crippen LogP contribution < -0.4 is 10.5 Å². The third-order valence-corrected chi connectivity index (χ3v) is 2.25. The molecule has 5 heteroatoms. The van der Waals surface area contributed by atoms with E-state index in [4.69, 9.17) is 14.9 Å². The van der Waals surface area contributed by atoms with Crippen LogP contribution >= 0.6 is 0 Å². The molecule has 0 aliphatic rings. The number of nitrogens with two attached hydrogens (primary N) is 1. The molecule has 0 aliphatic carbocycles. The number of nitrogens with zero attached hydrogens (tertiary/aromatic N) is 1. The molecule has 0 spiro atoms. The quantitative estimate of drug-likeness (QED) is 0.862. The Morgan fingerprint density at radius 2 is 2.31 bits per heavy atom. The van der Waals surface area contributed by atoms with Crippen LogP contribution in [-0.4, -0.2) is 12.1 Å². The lowest BCUT2D eigenvalue weighted by atomic mass is 10.1. The van der Waals surface area contributed by atoms with Crippen molar-refractivity contribution >= 4 is 0 Å². The first-order valence-electron chi connectivity index (χ1n) is 4.72. The van der Waals surface area contributed by atoms with Crippen LogP contribution in [0.2, 0.25) is 0 Å². The number of methoxy groups -OCH3 is 1. The van der Waals surface area contributed by atoms with Gasteiger partial charge in [0.25, 0.3) is 0 Å². The molecular weight excluding hydrogens is 211 g/mol. The van der Waals surface area contributed by atoms with Gasteiger partial charge >= 0.3 is 0 Å². The Hall–Kier alpha value is -1.88. The minimum Gasteiger partial charge on any atom is -0.494 e. The summed E-state index contributed by atoms with van der Waals surface area (Å²) in [5, 5.41) is 0. The van der Waals surface area contributed by atoms with Gasteiger partial charge in [-0.05, 0) is 18.2 Å². The summed E-state index contributed by atoms with van der Waals surface area (Å²) in [5.74, 6) is 0.289. The molecular formula is C11H11FN2O2. The van der Waals surface area contributed by atoms with Gasteiger partial charge in [-0.3, -0.25) is 0 Å². The summed E-state index contributed by atoms with van der Waals surface area (Å²) in [5.41, 5.74) is 6.65. The molecule has 0 unspecified atom stereocenters. The van der Waals surface area contributed by atoms with Crippen molar-refractivity contribution in [1.82, 2.24) is 4.98 Å². The Balaban J connectivity index is 2.45. The van der Waals surface area contributed by atoms with Crippen LogP contribution in [0.25, 0.3) is 11.3 Å². The summed E-state index contributed by atoms with van der Waals surface area (Å²) in [6.45, 7) is 0.225. The van der Waals surface area contributed by atoms with Crippen molar-refractivity contribution in [2.75, 3.05) is 7.11 Å². The molecule has 4 nitrogen and oxygen atoms in total. The molecule has 0 radical (unpaired) electrons. The Kier molecular flexibility index (Phi) is 2.87. The van der Waals surface area contributed by atoms with Crippen LogP contribution in [0.15, 0.2) is 29.0 Å². The molecule has 2 aromatic rings. The maximum Gasteiger partial charge on any atom is 0.181 e. The van der Waals surface area contributed by atoms with Gasteiger partial charge in [0.05, 0.1) is 13.7 Å². The number of aromatic nitrogens is 1. The summed E-state index contributed by atoms with van der Waals surface area (Å²) in [4.78, 5) is 4.00. The van der Waals surface area contributed by atoms with E-state index in [0.717, 1.165) is 0 Å². The number of oxazole rings is 1. The molecule has 0 aliphatic heterocycles. The Bertz CT molecular complexity index is 496. The van der Waals surface area contributed by atoms with Crippen molar-refractivity contribution in [3.63, 3.8) is 0 Å². The highest BCUT2D eigenvalue weighted by Gasteiger charge is 2.11. The summed E-state index contributed by atoms with van der Waals surface area (Å²) >= 11 is 0. The maximum atomic E-state index is 13.5. The molecule has 0 saturated carbocycles. The van der Waals surface area contributed by atoms with Crippen molar-refractivity contribution in [3.8, 4) is 17.0 Å². The van der Waals surface area contributed by atoms with Gasteiger partial charge in [-0.15, -0.1) is 0 Å². The van der Waals surface area contributed by atoms with E-state index >= 15 is 0 Å². The third-order valence-electron chi connectivity index (χ3n) is 2.25. The van der Waals surface area contributed by atoms with Crippen LogP contribution in [0.4, 0.5) is 4.39 Å². The molecule has 2 rings (SSSR count). The fourth-order valence-corrected chi connectivity index (χ4v) is 1.46. The van der Waals surface area contributed by atoms with Crippen molar-refractivity contribution in [2.45, 2.75) is 6.54 Å². The zero-order valence-electron chi connectivity index (χ0n) is 8.74. The van der Waals surface area contributed by atoms with E-state index in [0.29, 0.717) is 17.0 Å². The minimum absolute atomic E-state index is 0.196. The lowest BCUT2D eigenvalue weighted by Crippen LogP contribution is -1.97. The standard InChI is InChI=1S/C11H11FN2O2/c1-15-9-3-2-7(4-8(9)12)11-10(5-13)16-6-14-11/h2-4,6H,5,13H2,1H3. The third kappa shape index (κ3) is 1.77. The first-order valence-corrected chi connectivity index (χ1v) is 4.72. The summed E-state index contributed by atoms with van der Waals surface area (Å²) in [6, 6.07) is 4.59. The first-order chi connectivity index (χ1) is 7.76. The zero-order valence-corrected chi connectivity index (χ0v) is 8.74. The van der Waals surface area contributed by atoms with E-state index in [1.807, 2.05) is 0 Å². The van der Waals surface area contributed by atoms with Gasteiger partial charge in [0.2, 0.25) is 0 Å². The van der Waals surface area contributed by atoms with E-state index in [-0.39, 0.29) is 12.3 Å². The van der Waals surface area contributed by atoms with Crippen molar-refractivity contribution in [3.05, 3.63) is 36.2 Å². The fourth-order valence-electron chi connectivity index (χ4n) is 1.46. The fraction of sp³-hybridized carbons (Fsp3) is 0.182. The number of hydrogen-bond acceptors (Lipinski definition) is 4. The van der Waals surface area contributed by atoms with E-state index in [2.05, 4.69) is 4.98 Å². The van der Waals surface area contributed by atoms with Gasteiger partial charge < -0.3 is 14.9 Å². The molecule has 0 saturated heterocycles. The van der Waals surface area contributed by atoms with Crippen molar-refractivity contribution in [1.29, 1.82) is 0 Å². The Labute approximate surface area is 91.9 Å². The highest BCUT2D eigenvalue weighted by molar-refractivity contribution is 5.62. The molecule has 2 N–H and O–H groups in total. The van der Waals surface area contributed by atoms with Gasteiger partial charge in [0, 0.05) is 5.56 Å². The van der Waals surface area contributed by atoms with E-state index in [1.54, 1.807) is 12.1 Å². The second-order valence-corrected chi connectivity index (χ2v) is 3.18. The van der Waals surface area contributed by atoms with Gasteiger partial charge in [-0.25, -0.2) is 9.37 Å². The lowest BCUT2D eigenvalue weighted by Gasteiger charge is -2.03. The SMILES string of the molecule is COc1ccc(-c2ncoc2CN)cc1F. The van der Waals surface area contributed by atoms with E-state index in [9.17, 15) is 4.39 Å². The molecule has 0 fully saturated rings. The highest BCUT2D eigenvalue weighted by Crippen LogP contribution is 2.26. The monoisotopic (exact) mass is 222 g/mol. The summed E-state index contributed by atoms with van der Waals surface area (Å²) in [6.07, 6.45) is 1.29. The van der Waals surface area contributed by atoms with Gasteiger partial charge in [-0.2, -0.15) is 0 Å². The predicted octanol–water partition coefficient (Wildman–Crippen LogP) is 1.95. The van der Waals surface area contributed by atoms with E-state index in [1.165, 1.54) is 19.6 Å². The number of rotatable bonds is 3. The molecule has 1 heterocycles. The molecule has 0 amide bonds. The van der Waals surface area contributed by atoms with Crippen molar-refractivity contribution < 1.29 is 13.5 Å². The van der Waals surface area contributed by atoms with Crippen LogP contribution in [-0.2, 0) is 6.54 Å². The van der Waals surface area contributed by atoms with E-state index < -0.39 is 5.82 Å². The normalized spacial score (nSPS) is 10.4. The molecule has 16 heavy (non-hydrogen) atoms. The number of ether oxygens (including phenoxy) is 1. The lowest BCUT2D eigenvalue weighted by molar-refractivity contribution is 0.386. The van der Waals surface area contributed by atoms with Gasteiger partial charge in [0.15, 0.2) is 18.0 Å². The highest BCUT2D eigenvalue weighted by atomic mass is 19.1. The van der Waals surface area contributed by atoms with Crippen LogP contribution in [0.3, 0.4) is 0 Å². The summed E-state index contributed by atoms with van der Waals surface area (Å²) in [7, 11) is 1.42. The first kappa shape index (κ1) is 10.6. The molecule has 0 bridgehead atoms. The molecule has 1 aromatic heterocycles. The van der Waals surface area contributed by atoms with Crippen molar-refractivity contribution in [2.24, 2.45) is 5.73 Å². The number of benzene rings is 1. The molecule has 84 valence electrons. The second kappa shape index (κ2) is 4.32.